The maximum absolute atomic E-state index is 11.7. The molecule has 0 unspecified atom stereocenters. The van der Waals surface area contributed by atoms with Crippen molar-refractivity contribution in [3.05, 3.63) is 23.3 Å². The molecular formula is C15H22O3. The average Bonchev–Trinajstić information content (AvgIpc) is 2.53. The topological polar surface area (TPSA) is 46.5 Å². The first-order valence-corrected chi connectivity index (χ1v) is 6.70. The van der Waals surface area contributed by atoms with E-state index in [-0.39, 0.29) is 23.9 Å². The second kappa shape index (κ2) is 5.27. The Balaban J connectivity index is 2.30. The number of hydrogen-bond acceptors (Lipinski definition) is 3. The first kappa shape index (κ1) is 13.3. The van der Waals surface area contributed by atoms with E-state index in [2.05, 4.69) is 13.0 Å². The molecule has 0 amide bonds. The third-order valence-electron chi connectivity index (χ3n) is 4.04. The Morgan fingerprint density at radius 2 is 2.06 bits per heavy atom. The zero-order valence-corrected chi connectivity index (χ0v) is 11.3. The van der Waals surface area contributed by atoms with Crippen LogP contribution in [-0.4, -0.2) is 23.3 Å². The number of aliphatic hydroxyl groups excluding tert-OH is 1. The van der Waals surface area contributed by atoms with Gasteiger partial charge in [-0.1, -0.05) is 24.1 Å². The second-order valence-corrected chi connectivity index (χ2v) is 5.64. The van der Waals surface area contributed by atoms with Gasteiger partial charge < -0.3 is 9.84 Å². The van der Waals surface area contributed by atoms with E-state index in [1.54, 1.807) is 0 Å². The molecule has 1 heterocycles. The number of aliphatic hydroxyl groups is 1. The number of hydrogen-bond donors (Lipinski definition) is 1. The van der Waals surface area contributed by atoms with Crippen LogP contribution in [0.15, 0.2) is 23.3 Å². The van der Waals surface area contributed by atoms with Crippen molar-refractivity contribution in [2.24, 2.45) is 11.8 Å². The molecule has 2 rings (SSSR count). The molecule has 0 aromatic heterocycles. The van der Waals surface area contributed by atoms with Crippen LogP contribution in [0.4, 0.5) is 0 Å². The summed E-state index contributed by atoms with van der Waals surface area (Å²) in [5.74, 6) is -0.524. The molecule has 4 atom stereocenters. The van der Waals surface area contributed by atoms with Crippen LogP contribution in [-0.2, 0) is 9.53 Å². The molecule has 0 spiro atoms. The lowest BCUT2D eigenvalue weighted by atomic mass is 9.82. The smallest absolute Gasteiger partial charge is 0.309 e. The molecule has 0 aromatic rings. The van der Waals surface area contributed by atoms with Crippen LogP contribution in [0.5, 0.6) is 0 Å². The van der Waals surface area contributed by atoms with Gasteiger partial charge in [0, 0.05) is 5.92 Å². The Bertz CT molecular complexity index is 395. The summed E-state index contributed by atoms with van der Waals surface area (Å²) in [7, 11) is 0. The summed E-state index contributed by atoms with van der Waals surface area (Å²) in [5.41, 5.74) is 2.42. The van der Waals surface area contributed by atoms with Gasteiger partial charge in [-0.3, -0.25) is 4.79 Å². The summed E-state index contributed by atoms with van der Waals surface area (Å²) in [6.45, 7) is 5.95. The van der Waals surface area contributed by atoms with E-state index in [1.165, 1.54) is 11.1 Å². The van der Waals surface area contributed by atoms with Gasteiger partial charge in [0.05, 0.1) is 12.0 Å². The van der Waals surface area contributed by atoms with Crippen LogP contribution in [0.25, 0.3) is 0 Å². The predicted octanol–water partition coefficient (Wildman–Crippen LogP) is 2.60. The number of fused-ring (bicyclic) bond motifs is 1. The minimum Gasteiger partial charge on any atom is -0.457 e. The molecule has 3 heteroatoms. The van der Waals surface area contributed by atoms with Crippen LogP contribution < -0.4 is 0 Å². The fourth-order valence-corrected chi connectivity index (χ4v) is 2.92. The van der Waals surface area contributed by atoms with Crippen molar-refractivity contribution in [2.45, 2.75) is 52.2 Å². The summed E-state index contributed by atoms with van der Waals surface area (Å²) >= 11 is 0. The van der Waals surface area contributed by atoms with E-state index in [9.17, 15) is 9.90 Å². The molecule has 1 N–H and O–H groups in total. The van der Waals surface area contributed by atoms with Crippen molar-refractivity contribution >= 4 is 5.97 Å². The van der Waals surface area contributed by atoms with Gasteiger partial charge in [0.15, 0.2) is 0 Å². The van der Waals surface area contributed by atoms with Crippen LogP contribution in [0.2, 0.25) is 0 Å². The molecule has 1 aliphatic carbocycles. The van der Waals surface area contributed by atoms with Crippen molar-refractivity contribution in [3.8, 4) is 0 Å². The number of ether oxygens (including phenoxy) is 1. The molecule has 3 nitrogen and oxygen atoms in total. The molecule has 1 aliphatic heterocycles. The van der Waals surface area contributed by atoms with Gasteiger partial charge in [-0.25, -0.2) is 0 Å². The van der Waals surface area contributed by atoms with Crippen molar-refractivity contribution in [3.63, 3.8) is 0 Å². The molecule has 0 radical (unpaired) electrons. The summed E-state index contributed by atoms with van der Waals surface area (Å²) in [6.07, 6.45) is 6.05. The standard InChI is InChI=1S/C15H22O3/c1-9-5-4-6-10(2)8-13-14(12(16)7-9)11(3)15(17)18-13/h5,8,11-14,16H,4,6-7H2,1-3H3/b9-5-,10-8-/t11-,12-,13+,14+/m0/s1. The average molecular weight is 250 g/mol. The van der Waals surface area contributed by atoms with Crippen molar-refractivity contribution < 1.29 is 14.6 Å². The molecule has 0 bridgehead atoms. The highest BCUT2D eigenvalue weighted by molar-refractivity contribution is 5.75. The third kappa shape index (κ3) is 2.66. The Labute approximate surface area is 109 Å². The van der Waals surface area contributed by atoms with E-state index >= 15 is 0 Å². The lowest BCUT2D eigenvalue weighted by Gasteiger charge is -2.24. The van der Waals surface area contributed by atoms with Gasteiger partial charge in [-0.2, -0.15) is 0 Å². The molecule has 1 fully saturated rings. The first-order chi connectivity index (χ1) is 8.49. The van der Waals surface area contributed by atoms with Gasteiger partial charge in [0.2, 0.25) is 0 Å². The summed E-state index contributed by atoms with van der Waals surface area (Å²) < 4.78 is 5.39. The maximum atomic E-state index is 11.7. The SMILES string of the molecule is C/C1=C/[C@H]2OC(=O)[C@@H](C)[C@@H]2[C@@H](O)C/C(C)=C\CC1. The van der Waals surface area contributed by atoms with E-state index < -0.39 is 6.10 Å². The maximum Gasteiger partial charge on any atom is 0.309 e. The summed E-state index contributed by atoms with van der Waals surface area (Å²) in [6, 6.07) is 0. The van der Waals surface area contributed by atoms with Crippen molar-refractivity contribution in [1.82, 2.24) is 0 Å². The van der Waals surface area contributed by atoms with E-state index in [0.717, 1.165) is 12.8 Å². The molecule has 2 aliphatic rings. The fourth-order valence-electron chi connectivity index (χ4n) is 2.92. The second-order valence-electron chi connectivity index (χ2n) is 5.64. The van der Waals surface area contributed by atoms with Gasteiger partial charge in [-0.05, 0) is 39.2 Å². The Morgan fingerprint density at radius 3 is 2.78 bits per heavy atom. The van der Waals surface area contributed by atoms with Crippen LogP contribution in [0, 0.1) is 11.8 Å². The lowest BCUT2D eigenvalue weighted by Crippen LogP contribution is -2.31. The van der Waals surface area contributed by atoms with E-state index in [1.807, 2.05) is 19.9 Å². The predicted molar refractivity (Wildman–Crippen MR) is 69.9 cm³/mol. The zero-order chi connectivity index (χ0) is 13.3. The number of carbonyl (C=O) groups is 1. The number of rotatable bonds is 0. The van der Waals surface area contributed by atoms with Crippen molar-refractivity contribution in [1.29, 1.82) is 0 Å². The Kier molecular flexibility index (Phi) is 3.91. The quantitative estimate of drug-likeness (QED) is 0.531. The third-order valence-corrected chi connectivity index (χ3v) is 4.04. The van der Waals surface area contributed by atoms with Crippen molar-refractivity contribution in [2.75, 3.05) is 0 Å². The molecule has 18 heavy (non-hydrogen) atoms. The number of carbonyl (C=O) groups excluding carboxylic acids is 1. The molecule has 100 valence electrons. The minimum atomic E-state index is -0.505. The highest BCUT2D eigenvalue weighted by atomic mass is 16.6. The Morgan fingerprint density at radius 1 is 1.33 bits per heavy atom. The highest BCUT2D eigenvalue weighted by Crippen LogP contribution is 2.35. The highest BCUT2D eigenvalue weighted by Gasteiger charge is 2.44. The largest absolute Gasteiger partial charge is 0.457 e. The normalized spacial score (nSPS) is 43.2. The fraction of sp³-hybridized carbons (Fsp3) is 0.667. The van der Waals surface area contributed by atoms with Crippen LogP contribution in [0.3, 0.4) is 0 Å². The van der Waals surface area contributed by atoms with Gasteiger partial charge >= 0.3 is 5.97 Å². The Hall–Kier alpha value is -1.09. The van der Waals surface area contributed by atoms with Gasteiger partial charge in [0.25, 0.3) is 0 Å². The lowest BCUT2D eigenvalue weighted by molar-refractivity contribution is -0.142. The van der Waals surface area contributed by atoms with E-state index in [4.69, 9.17) is 4.74 Å². The molecule has 0 aromatic carbocycles. The van der Waals surface area contributed by atoms with Crippen LogP contribution in [0.1, 0.15) is 40.0 Å². The summed E-state index contributed by atoms with van der Waals surface area (Å²) in [4.78, 5) is 11.7. The van der Waals surface area contributed by atoms with Gasteiger partial charge in [-0.15, -0.1) is 0 Å². The number of esters is 1. The molecular weight excluding hydrogens is 228 g/mol. The molecule has 1 saturated heterocycles. The van der Waals surface area contributed by atoms with Gasteiger partial charge in [0.1, 0.15) is 6.10 Å². The number of allylic oxidation sites excluding steroid dienone is 2. The van der Waals surface area contributed by atoms with E-state index in [0.29, 0.717) is 6.42 Å². The zero-order valence-electron chi connectivity index (χ0n) is 11.3. The van der Waals surface area contributed by atoms with Crippen LogP contribution >= 0.6 is 0 Å². The monoisotopic (exact) mass is 250 g/mol. The molecule has 0 saturated carbocycles. The summed E-state index contributed by atoms with van der Waals surface area (Å²) in [5, 5.41) is 10.3. The first-order valence-electron chi connectivity index (χ1n) is 6.70. The minimum absolute atomic E-state index is 0.117.